The van der Waals surface area contributed by atoms with Gasteiger partial charge in [0.1, 0.15) is 0 Å². The Bertz CT molecular complexity index is 1240. The van der Waals surface area contributed by atoms with Crippen LogP contribution in [0.25, 0.3) is 0 Å². The average molecular weight is 445 g/mol. The molecule has 1 unspecified atom stereocenters. The van der Waals surface area contributed by atoms with E-state index < -0.39 is 23.5 Å². The van der Waals surface area contributed by atoms with Crippen molar-refractivity contribution in [3.05, 3.63) is 89.6 Å². The number of nitrogens with zero attached hydrogens (tertiary/aromatic N) is 2. The molecule has 2 amide bonds. The van der Waals surface area contributed by atoms with E-state index in [1.54, 1.807) is 30.3 Å². The molecule has 1 aromatic heterocycles. The molecule has 1 atom stereocenters. The molecule has 0 saturated heterocycles. The number of rotatable bonds is 6. The highest BCUT2D eigenvalue weighted by molar-refractivity contribution is 6.20. The van der Waals surface area contributed by atoms with Crippen LogP contribution >= 0.6 is 0 Å². The third-order valence-corrected chi connectivity index (χ3v) is 5.37. The van der Waals surface area contributed by atoms with Gasteiger partial charge in [0.05, 0.1) is 17.9 Å². The second-order valence-corrected chi connectivity index (χ2v) is 7.86. The Hall–Kier alpha value is -4.33. The molecule has 168 valence electrons. The summed E-state index contributed by atoms with van der Waals surface area (Å²) in [5, 5.41) is 13.5. The zero-order valence-electron chi connectivity index (χ0n) is 18.4. The van der Waals surface area contributed by atoms with Gasteiger partial charge in [0.25, 0.3) is 5.91 Å². The number of anilines is 3. The standard InChI is InChI=1S/C25H23N3O5/c1-15(29)26-17-6-4-7-19(14-17)28-22(16-9-11-18(12-10-16)27(2)3)21(24(31)25(28)32)23(30)20-8-5-13-33-20/h4-14,22,31H,1-3H3,(H,26,29). The number of furan rings is 1. The summed E-state index contributed by atoms with van der Waals surface area (Å²) >= 11 is 0. The van der Waals surface area contributed by atoms with E-state index in [1.807, 2.05) is 43.3 Å². The fourth-order valence-corrected chi connectivity index (χ4v) is 3.85. The highest BCUT2D eigenvalue weighted by atomic mass is 16.3. The van der Waals surface area contributed by atoms with Crippen molar-refractivity contribution < 1.29 is 23.9 Å². The molecular formula is C25H23N3O5. The van der Waals surface area contributed by atoms with Crippen LogP contribution < -0.4 is 15.1 Å². The van der Waals surface area contributed by atoms with Crippen molar-refractivity contribution in [1.82, 2.24) is 0 Å². The van der Waals surface area contributed by atoms with Crippen LogP contribution in [0.15, 0.2) is 82.7 Å². The molecule has 2 heterocycles. The number of aliphatic hydroxyl groups excluding tert-OH is 1. The van der Waals surface area contributed by atoms with E-state index in [9.17, 15) is 19.5 Å². The van der Waals surface area contributed by atoms with Crippen molar-refractivity contribution in [2.75, 3.05) is 29.2 Å². The van der Waals surface area contributed by atoms with Crippen LogP contribution in [0, 0.1) is 0 Å². The smallest absolute Gasteiger partial charge is 0.294 e. The molecular weight excluding hydrogens is 422 g/mol. The van der Waals surface area contributed by atoms with Gasteiger partial charge in [-0.05, 0) is 48.0 Å². The third kappa shape index (κ3) is 4.10. The van der Waals surface area contributed by atoms with Crippen molar-refractivity contribution in [2.24, 2.45) is 0 Å². The van der Waals surface area contributed by atoms with Gasteiger partial charge in [-0.3, -0.25) is 19.3 Å². The van der Waals surface area contributed by atoms with Gasteiger partial charge in [0.15, 0.2) is 11.5 Å². The van der Waals surface area contributed by atoms with Crippen LogP contribution in [-0.4, -0.2) is 36.8 Å². The first-order valence-electron chi connectivity index (χ1n) is 10.3. The van der Waals surface area contributed by atoms with Gasteiger partial charge in [-0.2, -0.15) is 0 Å². The summed E-state index contributed by atoms with van der Waals surface area (Å²) < 4.78 is 5.25. The van der Waals surface area contributed by atoms with Crippen molar-refractivity contribution in [3.63, 3.8) is 0 Å². The largest absolute Gasteiger partial charge is 0.503 e. The molecule has 3 aromatic rings. The lowest BCUT2D eigenvalue weighted by molar-refractivity contribution is -0.117. The Labute approximate surface area is 190 Å². The van der Waals surface area contributed by atoms with Crippen LogP contribution in [0.2, 0.25) is 0 Å². The molecule has 8 heteroatoms. The molecule has 0 bridgehead atoms. The normalized spacial score (nSPS) is 15.7. The molecule has 0 fully saturated rings. The fourth-order valence-electron chi connectivity index (χ4n) is 3.85. The van der Waals surface area contributed by atoms with E-state index in [-0.39, 0.29) is 17.2 Å². The molecule has 2 N–H and O–H groups in total. The maximum atomic E-state index is 13.3. The highest BCUT2D eigenvalue weighted by Crippen LogP contribution is 2.42. The van der Waals surface area contributed by atoms with Crippen molar-refractivity contribution in [3.8, 4) is 0 Å². The Morgan fingerprint density at radius 3 is 2.39 bits per heavy atom. The zero-order valence-corrected chi connectivity index (χ0v) is 18.4. The van der Waals surface area contributed by atoms with E-state index in [1.165, 1.54) is 24.2 Å². The maximum absolute atomic E-state index is 13.3. The maximum Gasteiger partial charge on any atom is 0.294 e. The number of amides is 2. The van der Waals surface area contributed by atoms with Gasteiger partial charge >= 0.3 is 0 Å². The van der Waals surface area contributed by atoms with Crippen molar-refractivity contribution in [1.29, 1.82) is 0 Å². The van der Waals surface area contributed by atoms with E-state index in [2.05, 4.69) is 5.32 Å². The second kappa shape index (κ2) is 8.66. The molecule has 0 radical (unpaired) electrons. The Balaban J connectivity index is 1.84. The number of carbonyl (C=O) groups excluding carboxylic acids is 3. The quantitative estimate of drug-likeness (QED) is 0.554. The molecule has 4 rings (SSSR count). The first kappa shape index (κ1) is 21.9. The predicted molar refractivity (Wildman–Crippen MR) is 124 cm³/mol. The predicted octanol–water partition coefficient (Wildman–Crippen LogP) is 4.09. The van der Waals surface area contributed by atoms with Crippen LogP contribution in [0.3, 0.4) is 0 Å². The first-order valence-corrected chi connectivity index (χ1v) is 10.3. The Morgan fingerprint density at radius 2 is 1.79 bits per heavy atom. The molecule has 0 saturated carbocycles. The number of nitrogens with one attached hydrogen (secondary N) is 1. The molecule has 1 aliphatic heterocycles. The number of ketones is 1. The lowest BCUT2D eigenvalue weighted by Gasteiger charge is -2.27. The minimum atomic E-state index is -0.890. The van der Waals surface area contributed by atoms with Gasteiger partial charge in [-0.15, -0.1) is 0 Å². The monoisotopic (exact) mass is 445 g/mol. The van der Waals surface area contributed by atoms with Gasteiger partial charge in [0, 0.05) is 38.1 Å². The molecule has 33 heavy (non-hydrogen) atoms. The van der Waals surface area contributed by atoms with Gasteiger partial charge < -0.3 is 19.7 Å². The van der Waals surface area contributed by atoms with Crippen LogP contribution in [0.1, 0.15) is 29.1 Å². The van der Waals surface area contributed by atoms with Crippen molar-refractivity contribution in [2.45, 2.75) is 13.0 Å². The van der Waals surface area contributed by atoms with E-state index in [4.69, 9.17) is 4.42 Å². The number of aliphatic hydroxyl groups is 1. The average Bonchev–Trinajstić information content (AvgIpc) is 3.41. The minimum Gasteiger partial charge on any atom is -0.503 e. The lowest BCUT2D eigenvalue weighted by atomic mass is 9.94. The summed E-state index contributed by atoms with van der Waals surface area (Å²) in [5.41, 5.74) is 2.41. The van der Waals surface area contributed by atoms with Crippen LogP contribution in [0.4, 0.5) is 17.1 Å². The molecule has 2 aromatic carbocycles. The van der Waals surface area contributed by atoms with E-state index >= 15 is 0 Å². The van der Waals surface area contributed by atoms with E-state index in [0.717, 1.165) is 5.69 Å². The van der Waals surface area contributed by atoms with Gasteiger partial charge in [0.2, 0.25) is 11.7 Å². The van der Waals surface area contributed by atoms with Crippen molar-refractivity contribution >= 4 is 34.7 Å². The molecule has 0 spiro atoms. The van der Waals surface area contributed by atoms with Crippen LogP contribution in [0.5, 0.6) is 0 Å². The fraction of sp³-hybridized carbons (Fsp3) is 0.160. The number of carbonyl (C=O) groups is 3. The van der Waals surface area contributed by atoms with E-state index in [0.29, 0.717) is 16.9 Å². The topological polar surface area (TPSA) is 103 Å². The Morgan fingerprint density at radius 1 is 1.06 bits per heavy atom. The van der Waals surface area contributed by atoms with Gasteiger partial charge in [-0.1, -0.05) is 18.2 Å². The first-order chi connectivity index (χ1) is 15.8. The summed E-state index contributed by atoms with van der Waals surface area (Å²) in [6.07, 6.45) is 1.36. The van der Waals surface area contributed by atoms with Gasteiger partial charge in [-0.25, -0.2) is 0 Å². The minimum absolute atomic E-state index is 0.0214. The number of hydrogen-bond donors (Lipinski definition) is 2. The molecule has 0 aliphatic carbocycles. The van der Waals surface area contributed by atoms with Crippen LogP contribution in [-0.2, 0) is 9.59 Å². The Kier molecular flexibility index (Phi) is 5.74. The second-order valence-electron chi connectivity index (χ2n) is 7.86. The highest BCUT2D eigenvalue weighted by Gasteiger charge is 2.45. The number of benzene rings is 2. The molecule has 1 aliphatic rings. The number of hydrogen-bond acceptors (Lipinski definition) is 6. The molecule has 8 nitrogen and oxygen atoms in total. The SMILES string of the molecule is CC(=O)Nc1cccc(N2C(=O)C(O)=C(C(=O)c3ccco3)C2c2ccc(N(C)C)cc2)c1. The summed E-state index contributed by atoms with van der Waals surface area (Å²) in [4.78, 5) is 41.3. The summed E-state index contributed by atoms with van der Waals surface area (Å²) in [7, 11) is 3.82. The summed E-state index contributed by atoms with van der Waals surface area (Å²) in [5.74, 6) is -2.17. The summed E-state index contributed by atoms with van der Waals surface area (Å²) in [6, 6.07) is 16.2. The third-order valence-electron chi connectivity index (χ3n) is 5.37. The zero-order chi connectivity index (χ0) is 23.7. The lowest BCUT2D eigenvalue weighted by Crippen LogP contribution is -2.31. The number of Topliss-reactive ketones (excluding diaryl/α,β-unsaturated/α-hetero) is 1. The summed E-state index contributed by atoms with van der Waals surface area (Å²) in [6.45, 7) is 1.39.